The second-order valence-electron chi connectivity index (χ2n) is 15.3. The predicted molar refractivity (Wildman–Crippen MR) is 205 cm³/mol. The first-order valence-electron chi connectivity index (χ1n) is 17.6. The zero-order valence-electron chi connectivity index (χ0n) is 30.4. The minimum absolute atomic E-state index is 0.0439. The summed E-state index contributed by atoms with van der Waals surface area (Å²) in [6.45, 7) is 17.4. The minimum atomic E-state index is -0.310. The summed E-state index contributed by atoms with van der Waals surface area (Å²) in [4.78, 5) is 2.41. The highest BCUT2D eigenvalue weighted by Gasteiger charge is 2.35. The molecule has 3 unspecified atom stereocenters. The van der Waals surface area contributed by atoms with Crippen LogP contribution in [-0.4, -0.2) is 53.1 Å². The SMILES string of the molecule is C[S+](Oc1ccc2c(c1)CCC(c1ccc(O[S+](C)C(C)(C)C)cc1NCc1ccc(OCCN3CCCCC3)c(F)c1)C2)C(C)(C)C. The summed E-state index contributed by atoms with van der Waals surface area (Å²) in [5, 5.41) is 3.67. The van der Waals surface area contributed by atoms with Crippen LogP contribution in [0.3, 0.4) is 0 Å². The number of hydrogen-bond donors (Lipinski definition) is 1. The summed E-state index contributed by atoms with van der Waals surface area (Å²) in [5.41, 5.74) is 5.98. The van der Waals surface area contributed by atoms with E-state index in [4.69, 9.17) is 13.1 Å². The molecule has 0 saturated carbocycles. The van der Waals surface area contributed by atoms with Crippen molar-refractivity contribution in [1.82, 2.24) is 4.90 Å². The van der Waals surface area contributed by atoms with Crippen LogP contribution in [0.25, 0.3) is 0 Å². The number of anilines is 1. The molecule has 1 saturated heterocycles. The fraction of sp³-hybridized carbons (Fsp3) is 0.550. The lowest BCUT2D eigenvalue weighted by molar-refractivity contribution is 0.180. The Balaban J connectivity index is 1.29. The van der Waals surface area contributed by atoms with Gasteiger partial charge in [0.15, 0.2) is 54.9 Å². The molecule has 0 radical (unpaired) electrons. The Kier molecular flexibility index (Phi) is 12.2. The molecular weight excluding hydrogens is 640 g/mol. The van der Waals surface area contributed by atoms with Crippen molar-refractivity contribution in [3.05, 3.63) is 82.7 Å². The van der Waals surface area contributed by atoms with Crippen molar-refractivity contribution in [3.63, 3.8) is 0 Å². The largest absolute Gasteiger partial charge is 0.489 e. The average Bonchev–Trinajstić information content (AvgIpc) is 3.04. The van der Waals surface area contributed by atoms with E-state index >= 15 is 4.39 Å². The highest BCUT2D eigenvalue weighted by Crippen LogP contribution is 2.40. The minimum Gasteiger partial charge on any atom is -0.489 e. The lowest BCUT2D eigenvalue weighted by Gasteiger charge is -2.28. The number of likely N-dealkylation sites (tertiary alicyclic amines) is 1. The third-order valence-corrected chi connectivity index (χ3v) is 14.0. The van der Waals surface area contributed by atoms with Crippen molar-refractivity contribution >= 4 is 28.0 Å². The molecule has 1 aliphatic carbocycles. The van der Waals surface area contributed by atoms with E-state index in [9.17, 15) is 0 Å². The summed E-state index contributed by atoms with van der Waals surface area (Å²) in [6, 6.07) is 18.5. The third kappa shape index (κ3) is 10.0. The van der Waals surface area contributed by atoms with Gasteiger partial charge in [-0.05, 0) is 145 Å². The van der Waals surface area contributed by atoms with Gasteiger partial charge in [0.2, 0.25) is 0 Å². The van der Waals surface area contributed by atoms with Gasteiger partial charge in [0.05, 0.1) is 0 Å². The van der Waals surface area contributed by atoms with Gasteiger partial charge in [-0.25, -0.2) is 4.39 Å². The summed E-state index contributed by atoms with van der Waals surface area (Å²) in [6.07, 6.45) is 11.1. The monoisotopic (exact) mass is 696 g/mol. The van der Waals surface area contributed by atoms with Gasteiger partial charge in [-0.1, -0.05) is 24.6 Å². The molecule has 1 aliphatic heterocycles. The Morgan fingerprint density at radius 1 is 0.812 bits per heavy atom. The maximum Gasteiger partial charge on any atom is 0.199 e. The number of ether oxygens (including phenoxy) is 1. The van der Waals surface area contributed by atoms with E-state index in [1.54, 1.807) is 12.1 Å². The molecule has 1 N–H and O–H groups in total. The van der Waals surface area contributed by atoms with Gasteiger partial charge in [-0.3, -0.25) is 13.3 Å². The van der Waals surface area contributed by atoms with Gasteiger partial charge < -0.3 is 10.1 Å². The van der Waals surface area contributed by atoms with E-state index < -0.39 is 0 Å². The standard InChI is InChI=1S/C40H57FN2O3S2/c1-39(2,3)47(7)45-33-16-15-30-25-32(14-13-31(30)26-33)35-18-17-34(46-48(8)40(4,5)6)27-37(35)42-28-29-12-19-38(36(41)24-29)44-23-22-43-20-10-9-11-21-43/h12,15-19,24,26-27,32,42H,9-11,13-14,20-23,25,28H2,1-8H3/q+2. The molecule has 3 aromatic rings. The first-order chi connectivity index (χ1) is 22.8. The topological polar surface area (TPSA) is 43.0 Å². The number of piperidine rings is 1. The van der Waals surface area contributed by atoms with Gasteiger partial charge in [-0.2, -0.15) is 0 Å². The summed E-state index contributed by atoms with van der Waals surface area (Å²) >= 11 is -0.424. The van der Waals surface area contributed by atoms with Crippen molar-refractivity contribution in [1.29, 1.82) is 0 Å². The smallest absolute Gasteiger partial charge is 0.199 e. The molecule has 0 spiro atoms. The highest BCUT2D eigenvalue weighted by molar-refractivity contribution is 7.93. The lowest BCUT2D eigenvalue weighted by atomic mass is 9.79. The molecule has 3 atom stereocenters. The molecule has 0 amide bonds. The van der Waals surface area contributed by atoms with Crippen LogP contribution < -0.4 is 18.4 Å². The second-order valence-corrected chi connectivity index (χ2v) is 19.9. The molecule has 1 fully saturated rings. The van der Waals surface area contributed by atoms with Crippen LogP contribution in [0, 0.1) is 5.82 Å². The molecule has 8 heteroatoms. The first kappa shape index (κ1) is 36.7. The van der Waals surface area contributed by atoms with Crippen molar-refractivity contribution in [2.75, 3.05) is 44.1 Å². The maximum absolute atomic E-state index is 15.1. The molecule has 0 aromatic heterocycles. The fourth-order valence-electron chi connectivity index (χ4n) is 6.12. The van der Waals surface area contributed by atoms with E-state index in [1.807, 2.05) is 6.07 Å². The van der Waals surface area contributed by atoms with Gasteiger partial charge in [0.25, 0.3) is 0 Å². The number of benzene rings is 3. The fourth-order valence-corrected chi connectivity index (χ4v) is 7.40. The Labute approximate surface area is 295 Å². The predicted octanol–water partition coefficient (Wildman–Crippen LogP) is 9.26. The van der Waals surface area contributed by atoms with E-state index in [2.05, 4.69) is 101 Å². The number of aryl methyl sites for hydroxylation is 1. The summed E-state index contributed by atoms with van der Waals surface area (Å²) < 4.78 is 33.9. The van der Waals surface area contributed by atoms with Gasteiger partial charge in [0, 0.05) is 24.8 Å². The summed E-state index contributed by atoms with van der Waals surface area (Å²) in [7, 11) is 0. The Morgan fingerprint density at radius 3 is 2.15 bits per heavy atom. The Bertz CT molecular complexity index is 1510. The van der Waals surface area contributed by atoms with Crippen LogP contribution in [0.15, 0.2) is 54.6 Å². The molecule has 5 nitrogen and oxygen atoms in total. The zero-order valence-corrected chi connectivity index (χ0v) is 32.1. The lowest BCUT2D eigenvalue weighted by Crippen LogP contribution is -2.33. The van der Waals surface area contributed by atoms with Crippen LogP contribution in [0.4, 0.5) is 10.1 Å². The number of halogens is 1. The van der Waals surface area contributed by atoms with Crippen LogP contribution in [0.5, 0.6) is 17.2 Å². The van der Waals surface area contributed by atoms with E-state index in [0.29, 0.717) is 24.8 Å². The van der Waals surface area contributed by atoms with E-state index in [-0.39, 0.29) is 37.7 Å². The molecule has 2 aliphatic rings. The normalized spacial score (nSPS) is 18.5. The number of nitrogens with zero attached hydrogens (tertiary/aromatic N) is 1. The van der Waals surface area contributed by atoms with Crippen LogP contribution in [-0.2, 0) is 41.7 Å². The van der Waals surface area contributed by atoms with Crippen molar-refractivity contribution in [2.24, 2.45) is 0 Å². The first-order valence-corrected chi connectivity index (χ1v) is 20.7. The van der Waals surface area contributed by atoms with Gasteiger partial charge in [-0.15, -0.1) is 0 Å². The number of rotatable bonds is 12. The van der Waals surface area contributed by atoms with Crippen molar-refractivity contribution < 1.29 is 17.5 Å². The number of fused-ring (bicyclic) bond motifs is 1. The van der Waals surface area contributed by atoms with Crippen molar-refractivity contribution in [2.45, 2.75) is 102 Å². The third-order valence-electron chi connectivity index (χ3n) is 9.63. The van der Waals surface area contributed by atoms with Crippen LogP contribution in [0.1, 0.15) is 95.4 Å². The van der Waals surface area contributed by atoms with Gasteiger partial charge >= 0.3 is 0 Å². The quantitative estimate of drug-likeness (QED) is 0.191. The Hall–Kier alpha value is -2.55. The van der Waals surface area contributed by atoms with E-state index in [0.717, 1.165) is 61.6 Å². The Morgan fingerprint density at radius 2 is 1.48 bits per heavy atom. The molecule has 1 heterocycles. The molecule has 262 valence electrons. The summed E-state index contributed by atoms with van der Waals surface area (Å²) in [5.74, 6) is 2.21. The average molecular weight is 697 g/mol. The maximum atomic E-state index is 15.1. The van der Waals surface area contributed by atoms with E-state index in [1.165, 1.54) is 36.0 Å². The van der Waals surface area contributed by atoms with Gasteiger partial charge in [0.1, 0.15) is 19.1 Å². The molecule has 0 bridgehead atoms. The van der Waals surface area contributed by atoms with Crippen LogP contribution >= 0.6 is 0 Å². The molecule has 3 aromatic carbocycles. The number of hydrogen-bond acceptors (Lipinski definition) is 5. The van der Waals surface area contributed by atoms with Crippen LogP contribution in [0.2, 0.25) is 0 Å². The molecular formula is C40H57FN2O3S2+2. The molecule has 48 heavy (non-hydrogen) atoms. The highest BCUT2D eigenvalue weighted by atomic mass is 32.2. The zero-order chi connectivity index (χ0) is 34.5. The second kappa shape index (κ2) is 16.0. The number of nitrogens with one attached hydrogen (secondary N) is 1. The molecule has 5 rings (SSSR count). The van der Waals surface area contributed by atoms with Crippen molar-refractivity contribution in [3.8, 4) is 17.2 Å².